The average Bonchev–Trinajstić information content (AvgIpc) is 2.35. The molecule has 1 heterocycles. The Balaban J connectivity index is 2.59. The summed E-state index contributed by atoms with van der Waals surface area (Å²) in [4.78, 5) is 12.7. The smallest absolute Gasteiger partial charge is 0.323 e. The molecule has 0 spiro atoms. The number of rotatable bonds is 9. The molecule has 1 rings (SSSR count). The molecule has 0 aliphatic heterocycles. The van der Waals surface area contributed by atoms with E-state index >= 15 is 0 Å². The van der Waals surface area contributed by atoms with Crippen molar-refractivity contribution >= 4 is 11.9 Å². The minimum atomic E-state index is 0.361. The molecule has 2 N–H and O–H groups in total. The summed E-state index contributed by atoms with van der Waals surface area (Å²) in [7, 11) is 0. The molecule has 0 aliphatic rings. The van der Waals surface area contributed by atoms with Crippen molar-refractivity contribution in [3.8, 4) is 6.01 Å². The van der Waals surface area contributed by atoms with Gasteiger partial charge in [0.1, 0.15) is 0 Å². The molecular formula is C13H25N5O. The Kier molecular flexibility index (Phi) is 6.92. The molecule has 6 nitrogen and oxygen atoms in total. The van der Waals surface area contributed by atoms with Gasteiger partial charge in [0.2, 0.25) is 11.9 Å². The fourth-order valence-electron chi connectivity index (χ4n) is 1.58. The van der Waals surface area contributed by atoms with Crippen molar-refractivity contribution in [2.24, 2.45) is 5.92 Å². The molecule has 0 aliphatic carbocycles. The number of anilines is 2. The predicted molar refractivity (Wildman–Crippen MR) is 77.7 cm³/mol. The van der Waals surface area contributed by atoms with E-state index in [0.29, 0.717) is 24.5 Å². The molecule has 0 saturated carbocycles. The van der Waals surface area contributed by atoms with Gasteiger partial charge in [-0.25, -0.2) is 0 Å². The van der Waals surface area contributed by atoms with Gasteiger partial charge in [-0.1, -0.05) is 13.8 Å². The maximum absolute atomic E-state index is 5.34. The first-order chi connectivity index (χ1) is 9.15. The van der Waals surface area contributed by atoms with Gasteiger partial charge in [0, 0.05) is 13.1 Å². The number of nitrogens with zero attached hydrogens (tertiary/aromatic N) is 3. The normalized spacial score (nSPS) is 10.6. The van der Waals surface area contributed by atoms with Crippen molar-refractivity contribution in [1.29, 1.82) is 0 Å². The third-order valence-electron chi connectivity index (χ3n) is 2.46. The van der Waals surface area contributed by atoms with Gasteiger partial charge in [-0.3, -0.25) is 0 Å². The van der Waals surface area contributed by atoms with Crippen molar-refractivity contribution in [2.45, 2.75) is 40.5 Å². The molecule has 0 aromatic carbocycles. The van der Waals surface area contributed by atoms with E-state index in [0.717, 1.165) is 25.4 Å². The first kappa shape index (κ1) is 15.5. The zero-order valence-corrected chi connectivity index (χ0v) is 12.4. The lowest BCUT2D eigenvalue weighted by Gasteiger charge is -2.10. The first-order valence-corrected chi connectivity index (χ1v) is 7.02. The second-order valence-electron chi connectivity index (χ2n) is 4.69. The molecule has 108 valence electrons. The Morgan fingerprint density at radius 3 is 2.32 bits per heavy atom. The number of aromatic nitrogens is 3. The summed E-state index contributed by atoms with van der Waals surface area (Å²) in [5, 5.41) is 6.29. The Bertz CT molecular complexity index is 346. The van der Waals surface area contributed by atoms with E-state index in [1.807, 2.05) is 13.8 Å². The second-order valence-corrected chi connectivity index (χ2v) is 4.69. The molecule has 0 fully saturated rings. The summed E-state index contributed by atoms with van der Waals surface area (Å²) in [6, 6.07) is 0.361. The minimum absolute atomic E-state index is 0.361. The summed E-state index contributed by atoms with van der Waals surface area (Å²) < 4.78 is 5.34. The third kappa shape index (κ3) is 6.22. The SMILES string of the molecule is CCNc1nc(NCCCC(C)C)nc(OCC)n1. The van der Waals surface area contributed by atoms with E-state index in [9.17, 15) is 0 Å². The van der Waals surface area contributed by atoms with Gasteiger partial charge >= 0.3 is 6.01 Å². The third-order valence-corrected chi connectivity index (χ3v) is 2.46. The monoisotopic (exact) mass is 267 g/mol. The van der Waals surface area contributed by atoms with Crippen LogP contribution < -0.4 is 15.4 Å². The Labute approximate surface area is 115 Å². The number of hydrogen-bond donors (Lipinski definition) is 2. The highest BCUT2D eigenvalue weighted by Crippen LogP contribution is 2.11. The molecule has 0 atom stereocenters. The highest BCUT2D eigenvalue weighted by atomic mass is 16.5. The Morgan fingerprint density at radius 2 is 1.74 bits per heavy atom. The van der Waals surface area contributed by atoms with Gasteiger partial charge in [-0.15, -0.1) is 0 Å². The van der Waals surface area contributed by atoms with Crippen molar-refractivity contribution in [1.82, 2.24) is 15.0 Å². The van der Waals surface area contributed by atoms with Crippen LogP contribution in [-0.2, 0) is 0 Å². The zero-order chi connectivity index (χ0) is 14.1. The molecule has 1 aromatic heterocycles. The van der Waals surface area contributed by atoms with E-state index < -0.39 is 0 Å². The summed E-state index contributed by atoms with van der Waals surface area (Å²) >= 11 is 0. The van der Waals surface area contributed by atoms with Crippen LogP contribution in [0.25, 0.3) is 0 Å². The van der Waals surface area contributed by atoms with Crippen LogP contribution >= 0.6 is 0 Å². The van der Waals surface area contributed by atoms with E-state index in [1.165, 1.54) is 6.42 Å². The van der Waals surface area contributed by atoms with Gasteiger partial charge in [-0.05, 0) is 32.6 Å². The Hall–Kier alpha value is -1.59. The fourth-order valence-corrected chi connectivity index (χ4v) is 1.58. The molecule has 19 heavy (non-hydrogen) atoms. The van der Waals surface area contributed by atoms with Crippen LogP contribution in [0, 0.1) is 5.92 Å². The van der Waals surface area contributed by atoms with Gasteiger partial charge in [0.15, 0.2) is 0 Å². The van der Waals surface area contributed by atoms with E-state index in [2.05, 4.69) is 39.4 Å². The Morgan fingerprint density at radius 1 is 1.05 bits per heavy atom. The first-order valence-electron chi connectivity index (χ1n) is 7.02. The highest BCUT2D eigenvalue weighted by molar-refractivity contribution is 5.35. The van der Waals surface area contributed by atoms with Crippen LogP contribution in [0.5, 0.6) is 6.01 Å². The largest absolute Gasteiger partial charge is 0.464 e. The van der Waals surface area contributed by atoms with Gasteiger partial charge < -0.3 is 15.4 Å². The van der Waals surface area contributed by atoms with Crippen LogP contribution in [0.1, 0.15) is 40.5 Å². The molecule has 0 unspecified atom stereocenters. The van der Waals surface area contributed by atoms with Crippen LogP contribution in [0.2, 0.25) is 0 Å². The quantitative estimate of drug-likeness (QED) is 0.670. The lowest BCUT2D eigenvalue weighted by atomic mass is 10.1. The zero-order valence-electron chi connectivity index (χ0n) is 12.4. The van der Waals surface area contributed by atoms with Gasteiger partial charge in [0.25, 0.3) is 0 Å². The van der Waals surface area contributed by atoms with Gasteiger partial charge in [0.05, 0.1) is 6.61 Å². The minimum Gasteiger partial charge on any atom is -0.464 e. The molecule has 0 bridgehead atoms. The van der Waals surface area contributed by atoms with Gasteiger partial charge in [-0.2, -0.15) is 15.0 Å². The van der Waals surface area contributed by atoms with Crippen molar-refractivity contribution in [3.63, 3.8) is 0 Å². The lowest BCUT2D eigenvalue weighted by molar-refractivity contribution is 0.312. The highest BCUT2D eigenvalue weighted by Gasteiger charge is 2.06. The van der Waals surface area contributed by atoms with Crippen LogP contribution in [0.4, 0.5) is 11.9 Å². The molecule has 0 saturated heterocycles. The molecule has 0 amide bonds. The van der Waals surface area contributed by atoms with Crippen LogP contribution in [-0.4, -0.2) is 34.6 Å². The van der Waals surface area contributed by atoms with E-state index in [1.54, 1.807) is 0 Å². The maximum atomic E-state index is 5.34. The standard InChI is InChI=1S/C13H25N5O/c1-5-14-11-16-12(15-9-7-8-10(3)4)18-13(17-11)19-6-2/h10H,5-9H2,1-4H3,(H2,14,15,16,17,18). The molecule has 6 heteroatoms. The van der Waals surface area contributed by atoms with E-state index in [-0.39, 0.29) is 0 Å². The molecule has 1 aromatic rings. The summed E-state index contributed by atoms with van der Waals surface area (Å²) in [6.45, 7) is 10.5. The van der Waals surface area contributed by atoms with Crippen LogP contribution in [0.15, 0.2) is 0 Å². The summed E-state index contributed by atoms with van der Waals surface area (Å²) in [5.74, 6) is 1.84. The van der Waals surface area contributed by atoms with Crippen molar-refractivity contribution in [2.75, 3.05) is 30.3 Å². The second kappa shape index (κ2) is 8.50. The summed E-state index contributed by atoms with van der Waals surface area (Å²) in [5.41, 5.74) is 0. The predicted octanol–water partition coefficient (Wildman–Crippen LogP) is 2.55. The number of nitrogens with one attached hydrogen (secondary N) is 2. The molecule has 0 radical (unpaired) electrons. The van der Waals surface area contributed by atoms with Crippen molar-refractivity contribution in [3.05, 3.63) is 0 Å². The maximum Gasteiger partial charge on any atom is 0.323 e. The van der Waals surface area contributed by atoms with Crippen molar-refractivity contribution < 1.29 is 4.74 Å². The van der Waals surface area contributed by atoms with E-state index in [4.69, 9.17) is 4.74 Å². The number of ether oxygens (including phenoxy) is 1. The summed E-state index contributed by atoms with van der Waals surface area (Å²) in [6.07, 6.45) is 2.29. The fraction of sp³-hybridized carbons (Fsp3) is 0.769. The van der Waals surface area contributed by atoms with Crippen LogP contribution in [0.3, 0.4) is 0 Å². The molecular weight excluding hydrogens is 242 g/mol. The average molecular weight is 267 g/mol. The lowest BCUT2D eigenvalue weighted by Crippen LogP contribution is -2.11. The number of hydrogen-bond acceptors (Lipinski definition) is 6. The topological polar surface area (TPSA) is 72.0 Å².